The number of methoxy groups -OCH3 is 2. The first-order chi connectivity index (χ1) is 10.7. The predicted molar refractivity (Wildman–Crippen MR) is 81.9 cm³/mol. The van der Waals surface area contributed by atoms with Crippen molar-refractivity contribution in [1.29, 1.82) is 0 Å². The largest absolute Gasteiger partial charge is 0.467 e. The molecule has 0 fully saturated rings. The molecule has 0 bridgehead atoms. The lowest BCUT2D eigenvalue weighted by Crippen LogP contribution is -2.38. The average molecular weight is 323 g/mol. The van der Waals surface area contributed by atoms with Crippen LogP contribution >= 0.6 is 0 Å². The summed E-state index contributed by atoms with van der Waals surface area (Å²) in [6.07, 6.45) is -0.745. The second-order valence-electron chi connectivity index (χ2n) is 5.72. The molecule has 0 saturated carbocycles. The molecule has 1 aromatic rings. The summed E-state index contributed by atoms with van der Waals surface area (Å²) in [6.45, 7) is 5.14. The van der Waals surface area contributed by atoms with E-state index in [0.717, 1.165) is 0 Å². The lowest BCUT2D eigenvalue weighted by atomic mass is 10.0. The van der Waals surface area contributed by atoms with E-state index in [1.807, 2.05) is 0 Å². The van der Waals surface area contributed by atoms with Gasteiger partial charge in [0.2, 0.25) is 0 Å². The van der Waals surface area contributed by atoms with E-state index in [1.165, 1.54) is 38.5 Å². The van der Waals surface area contributed by atoms with E-state index in [-0.39, 0.29) is 0 Å². The van der Waals surface area contributed by atoms with Crippen LogP contribution in [0.2, 0.25) is 0 Å². The molecule has 0 aliphatic heterocycles. The van der Waals surface area contributed by atoms with Crippen molar-refractivity contribution in [2.45, 2.75) is 32.4 Å². The molecule has 126 valence electrons. The Kier molecular flexibility index (Phi) is 6.12. The van der Waals surface area contributed by atoms with Crippen LogP contribution in [-0.2, 0) is 19.0 Å². The minimum atomic E-state index is -1.04. The number of hydrogen-bond acceptors (Lipinski definition) is 6. The van der Waals surface area contributed by atoms with Gasteiger partial charge in [-0.05, 0) is 38.5 Å². The molecule has 1 rings (SSSR count). The number of esters is 2. The van der Waals surface area contributed by atoms with Crippen molar-refractivity contribution in [3.05, 3.63) is 35.4 Å². The van der Waals surface area contributed by atoms with Crippen LogP contribution in [-0.4, -0.2) is 37.9 Å². The van der Waals surface area contributed by atoms with Gasteiger partial charge < -0.3 is 19.5 Å². The maximum absolute atomic E-state index is 11.9. The second kappa shape index (κ2) is 7.62. The molecule has 1 unspecified atom stereocenters. The predicted octanol–water partition coefficient (Wildman–Crippen LogP) is 2.21. The summed E-state index contributed by atoms with van der Waals surface area (Å²) in [5, 5.41) is 2.45. The normalized spacial score (nSPS) is 12.0. The topological polar surface area (TPSA) is 90.9 Å². The van der Waals surface area contributed by atoms with E-state index in [2.05, 4.69) is 10.1 Å². The Morgan fingerprint density at radius 3 is 2.00 bits per heavy atom. The number of alkyl carbamates (subject to hydrolysis) is 1. The number of amides is 1. The maximum atomic E-state index is 11.9. The molecule has 0 aliphatic carbocycles. The number of carbonyl (C=O) groups is 3. The van der Waals surface area contributed by atoms with Gasteiger partial charge in [-0.25, -0.2) is 14.4 Å². The van der Waals surface area contributed by atoms with Gasteiger partial charge in [0, 0.05) is 0 Å². The van der Waals surface area contributed by atoms with Crippen LogP contribution in [0.4, 0.5) is 4.79 Å². The summed E-state index contributed by atoms with van der Waals surface area (Å²) in [5.41, 5.74) is 0.0898. The highest BCUT2D eigenvalue weighted by atomic mass is 16.6. The Bertz CT molecular complexity index is 573. The lowest BCUT2D eigenvalue weighted by Gasteiger charge is -2.22. The molecule has 1 aromatic carbocycles. The molecule has 0 saturated heterocycles. The number of nitrogens with one attached hydrogen (secondary N) is 1. The zero-order chi connectivity index (χ0) is 17.6. The molecule has 23 heavy (non-hydrogen) atoms. The van der Waals surface area contributed by atoms with Crippen LogP contribution in [0, 0.1) is 0 Å². The van der Waals surface area contributed by atoms with Crippen molar-refractivity contribution >= 4 is 18.0 Å². The van der Waals surface area contributed by atoms with Gasteiger partial charge in [0.25, 0.3) is 0 Å². The van der Waals surface area contributed by atoms with Gasteiger partial charge in [-0.2, -0.15) is 0 Å². The summed E-state index contributed by atoms with van der Waals surface area (Å²) < 4.78 is 14.4. The van der Waals surface area contributed by atoms with Crippen LogP contribution in [0.5, 0.6) is 0 Å². The Morgan fingerprint density at radius 2 is 1.57 bits per heavy atom. The van der Waals surface area contributed by atoms with Crippen molar-refractivity contribution in [1.82, 2.24) is 5.32 Å². The third-order valence-electron chi connectivity index (χ3n) is 2.76. The molecule has 7 nitrogen and oxygen atoms in total. The number of hydrogen-bond donors (Lipinski definition) is 1. The van der Waals surface area contributed by atoms with E-state index in [0.29, 0.717) is 11.1 Å². The van der Waals surface area contributed by atoms with E-state index < -0.39 is 29.7 Å². The van der Waals surface area contributed by atoms with E-state index in [1.54, 1.807) is 20.8 Å². The van der Waals surface area contributed by atoms with Crippen molar-refractivity contribution in [2.75, 3.05) is 14.2 Å². The molecule has 0 aromatic heterocycles. The lowest BCUT2D eigenvalue weighted by molar-refractivity contribution is -0.143. The monoisotopic (exact) mass is 323 g/mol. The van der Waals surface area contributed by atoms with Gasteiger partial charge in [-0.15, -0.1) is 0 Å². The van der Waals surface area contributed by atoms with E-state index >= 15 is 0 Å². The maximum Gasteiger partial charge on any atom is 0.408 e. The van der Waals surface area contributed by atoms with Crippen LogP contribution in [0.1, 0.15) is 42.7 Å². The smallest absolute Gasteiger partial charge is 0.408 e. The van der Waals surface area contributed by atoms with Crippen LogP contribution in [0.25, 0.3) is 0 Å². The molecule has 0 radical (unpaired) electrons. The van der Waals surface area contributed by atoms with Gasteiger partial charge in [0.1, 0.15) is 5.60 Å². The average Bonchev–Trinajstić information content (AvgIpc) is 2.49. The zero-order valence-corrected chi connectivity index (χ0v) is 13.8. The molecular weight excluding hydrogens is 302 g/mol. The standard InChI is InChI=1S/C16H21NO6/c1-16(2,3)23-15(20)17-12(14(19)22-5)10-6-8-11(9-7-10)13(18)21-4/h6-9,12H,1-5H3,(H,17,20). The SMILES string of the molecule is COC(=O)c1ccc(C(NC(=O)OC(C)(C)C)C(=O)OC)cc1. The molecule has 0 spiro atoms. The summed E-state index contributed by atoms with van der Waals surface area (Å²) >= 11 is 0. The highest BCUT2D eigenvalue weighted by Gasteiger charge is 2.26. The van der Waals surface area contributed by atoms with Crippen LogP contribution in [0.3, 0.4) is 0 Å². The van der Waals surface area contributed by atoms with E-state index in [4.69, 9.17) is 9.47 Å². The van der Waals surface area contributed by atoms with Gasteiger partial charge in [0.15, 0.2) is 6.04 Å². The van der Waals surface area contributed by atoms with Gasteiger partial charge in [0.05, 0.1) is 19.8 Å². The first-order valence-electron chi connectivity index (χ1n) is 6.93. The highest BCUT2D eigenvalue weighted by molar-refractivity contribution is 5.89. The van der Waals surface area contributed by atoms with Crippen molar-refractivity contribution in [3.63, 3.8) is 0 Å². The number of rotatable bonds is 4. The summed E-state index contributed by atoms with van der Waals surface area (Å²) in [7, 11) is 2.49. The molecule has 7 heteroatoms. The summed E-state index contributed by atoms with van der Waals surface area (Å²) in [6, 6.07) is 5.01. The summed E-state index contributed by atoms with van der Waals surface area (Å²) in [5.74, 6) is -1.15. The first-order valence-corrected chi connectivity index (χ1v) is 6.93. The highest BCUT2D eigenvalue weighted by Crippen LogP contribution is 2.17. The zero-order valence-electron chi connectivity index (χ0n) is 13.8. The van der Waals surface area contributed by atoms with Crippen LogP contribution < -0.4 is 5.32 Å². The third-order valence-corrected chi connectivity index (χ3v) is 2.76. The Labute approximate surface area is 134 Å². The second-order valence-corrected chi connectivity index (χ2v) is 5.72. The van der Waals surface area contributed by atoms with Crippen molar-refractivity contribution < 1.29 is 28.6 Å². The van der Waals surface area contributed by atoms with Crippen molar-refractivity contribution in [3.8, 4) is 0 Å². The fourth-order valence-corrected chi connectivity index (χ4v) is 1.75. The molecule has 1 N–H and O–H groups in total. The quantitative estimate of drug-likeness (QED) is 0.675. The molecule has 0 aliphatic rings. The summed E-state index contributed by atoms with van der Waals surface area (Å²) in [4.78, 5) is 35.2. The Hall–Kier alpha value is -2.57. The Balaban J connectivity index is 2.96. The molecule has 1 atom stereocenters. The van der Waals surface area contributed by atoms with Crippen molar-refractivity contribution in [2.24, 2.45) is 0 Å². The van der Waals surface area contributed by atoms with E-state index in [9.17, 15) is 14.4 Å². The minimum absolute atomic E-state index is 0.331. The van der Waals surface area contributed by atoms with Crippen LogP contribution in [0.15, 0.2) is 24.3 Å². The number of benzene rings is 1. The van der Waals surface area contributed by atoms with Gasteiger partial charge in [-0.3, -0.25) is 0 Å². The number of carbonyl (C=O) groups excluding carboxylic acids is 3. The fraction of sp³-hybridized carbons (Fsp3) is 0.438. The fourth-order valence-electron chi connectivity index (χ4n) is 1.75. The first kappa shape index (κ1) is 18.5. The molecular formula is C16H21NO6. The van der Waals surface area contributed by atoms with Gasteiger partial charge >= 0.3 is 18.0 Å². The number of ether oxygens (including phenoxy) is 3. The Morgan fingerprint density at radius 1 is 1.00 bits per heavy atom. The minimum Gasteiger partial charge on any atom is -0.467 e. The molecule has 0 heterocycles. The van der Waals surface area contributed by atoms with Gasteiger partial charge in [-0.1, -0.05) is 12.1 Å². The molecule has 1 amide bonds. The third kappa shape index (κ3) is 5.61.